The van der Waals surface area contributed by atoms with Gasteiger partial charge in [-0.1, -0.05) is 0 Å². The van der Waals surface area contributed by atoms with Gasteiger partial charge in [-0.2, -0.15) is 0 Å². The molecule has 0 aromatic carbocycles. The summed E-state index contributed by atoms with van der Waals surface area (Å²) in [5.74, 6) is 0.487. The van der Waals surface area contributed by atoms with E-state index < -0.39 is 12.1 Å². The first-order valence-corrected chi connectivity index (χ1v) is 6.16. The number of rotatable bonds is 3. The second-order valence-corrected chi connectivity index (χ2v) is 5.79. The SMILES string of the molecule is NC[C@]1(CC(=O)O)[C@@H]2CC(F)[C@@H]3CC[C@H]1[C@H]23. The van der Waals surface area contributed by atoms with Gasteiger partial charge in [0.05, 0.1) is 6.42 Å². The summed E-state index contributed by atoms with van der Waals surface area (Å²) < 4.78 is 13.8. The first kappa shape index (κ1) is 10.5. The van der Waals surface area contributed by atoms with E-state index in [1.54, 1.807) is 0 Å². The average molecular weight is 227 g/mol. The minimum Gasteiger partial charge on any atom is -0.481 e. The van der Waals surface area contributed by atoms with E-state index in [-0.39, 0.29) is 23.7 Å². The van der Waals surface area contributed by atoms with Crippen LogP contribution in [0.1, 0.15) is 25.7 Å². The fourth-order valence-electron chi connectivity index (χ4n) is 4.99. The molecule has 3 rings (SSSR count). The molecule has 0 aromatic heterocycles. The summed E-state index contributed by atoms with van der Waals surface area (Å²) in [5, 5.41) is 9.01. The van der Waals surface area contributed by atoms with Crippen molar-refractivity contribution in [1.29, 1.82) is 0 Å². The van der Waals surface area contributed by atoms with Crippen LogP contribution in [0.25, 0.3) is 0 Å². The Hall–Kier alpha value is -0.640. The molecule has 0 aromatic rings. The van der Waals surface area contributed by atoms with E-state index in [1.165, 1.54) is 0 Å². The van der Waals surface area contributed by atoms with Crippen molar-refractivity contribution in [2.75, 3.05) is 6.54 Å². The first-order valence-electron chi connectivity index (χ1n) is 6.16. The molecule has 3 N–H and O–H groups in total. The monoisotopic (exact) mass is 227 g/mol. The van der Waals surface area contributed by atoms with Gasteiger partial charge in [-0.05, 0) is 54.9 Å². The third-order valence-electron chi connectivity index (χ3n) is 5.52. The lowest BCUT2D eigenvalue weighted by Crippen LogP contribution is -2.58. The predicted octanol–water partition coefficient (Wildman–Crippen LogP) is 1.42. The molecular formula is C12H18FNO2. The summed E-state index contributed by atoms with van der Waals surface area (Å²) in [4.78, 5) is 11.0. The highest BCUT2D eigenvalue weighted by Gasteiger charge is 2.70. The molecule has 3 fully saturated rings. The minimum atomic E-state index is -0.783. The van der Waals surface area contributed by atoms with Gasteiger partial charge < -0.3 is 10.8 Å². The van der Waals surface area contributed by atoms with Crippen LogP contribution >= 0.6 is 0 Å². The summed E-state index contributed by atoms with van der Waals surface area (Å²) in [5.41, 5.74) is 5.53. The molecule has 16 heavy (non-hydrogen) atoms. The standard InChI is InChI=1S/C12H18FNO2/c13-9-3-8-11-6(9)1-2-7(11)12(8,5-14)4-10(15)16/h6-9,11H,1-5,14H2,(H,15,16)/t6-,7-,8+,9?,11+,12-/m0/s1. The Kier molecular flexibility index (Phi) is 2.09. The largest absolute Gasteiger partial charge is 0.481 e. The van der Waals surface area contributed by atoms with Crippen molar-refractivity contribution in [3.8, 4) is 0 Å². The first-order chi connectivity index (χ1) is 7.60. The summed E-state index contributed by atoms with van der Waals surface area (Å²) >= 11 is 0. The van der Waals surface area contributed by atoms with Gasteiger partial charge in [-0.25, -0.2) is 4.39 Å². The van der Waals surface area contributed by atoms with E-state index in [0.717, 1.165) is 12.8 Å². The third-order valence-corrected chi connectivity index (χ3v) is 5.52. The fourth-order valence-corrected chi connectivity index (χ4v) is 4.99. The second-order valence-electron chi connectivity index (χ2n) is 5.79. The second kappa shape index (κ2) is 3.19. The van der Waals surface area contributed by atoms with Gasteiger partial charge in [-0.15, -0.1) is 0 Å². The fraction of sp³-hybridized carbons (Fsp3) is 0.917. The summed E-state index contributed by atoms with van der Waals surface area (Å²) in [6, 6.07) is 0. The Morgan fingerprint density at radius 2 is 2.19 bits per heavy atom. The summed E-state index contributed by atoms with van der Waals surface area (Å²) in [6.45, 7) is 0.407. The third kappa shape index (κ3) is 1.04. The van der Waals surface area contributed by atoms with Crippen molar-refractivity contribution in [2.45, 2.75) is 31.9 Å². The number of aliphatic carboxylic acids is 1. The van der Waals surface area contributed by atoms with Crippen molar-refractivity contribution < 1.29 is 14.3 Å². The Labute approximate surface area is 94.2 Å². The van der Waals surface area contributed by atoms with Crippen LogP contribution in [0.15, 0.2) is 0 Å². The van der Waals surface area contributed by atoms with Crippen LogP contribution in [0.3, 0.4) is 0 Å². The zero-order valence-corrected chi connectivity index (χ0v) is 9.23. The Morgan fingerprint density at radius 1 is 1.44 bits per heavy atom. The highest BCUT2D eigenvalue weighted by Crippen LogP contribution is 2.72. The Morgan fingerprint density at radius 3 is 2.81 bits per heavy atom. The number of halogens is 1. The van der Waals surface area contributed by atoms with Gasteiger partial charge in [0.2, 0.25) is 0 Å². The molecule has 0 amide bonds. The number of hydrogen-bond donors (Lipinski definition) is 2. The van der Waals surface area contributed by atoms with E-state index >= 15 is 0 Å². The molecule has 3 aliphatic rings. The lowest BCUT2D eigenvalue weighted by atomic mass is 9.47. The maximum Gasteiger partial charge on any atom is 0.303 e. The molecule has 0 radical (unpaired) electrons. The molecule has 3 nitrogen and oxygen atoms in total. The molecule has 1 unspecified atom stereocenters. The van der Waals surface area contributed by atoms with Crippen molar-refractivity contribution in [3.63, 3.8) is 0 Å². The molecule has 90 valence electrons. The molecule has 0 saturated heterocycles. The maximum atomic E-state index is 13.8. The Balaban J connectivity index is 1.89. The van der Waals surface area contributed by atoms with Crippen molar-refractivity contribution >= 4 is 5.97 Å². The van der Waals surface area contributed by atoms with E-state index in [0.29, 0.717) is 24.8 Å². The van der Waals surface area contributed by atoms with Crippen LogP contribution in [0.2, 0.25) is 0 Å². The van der Waals surface area contributed by atoms with E-state index in [4.69, 9.17) is 10.8 Å². The predicted molar refractivity (Wildman–Crippen MR) is 56.4 cm³/mol. The highest BCUT2D eigenvalue weighted by molar-refractivity contribution is 5.68. The topological polar surface area (TPSA) is 63.3 Å². The number of nitrogens with two attached hydrogens (primary N) is 1. The molecule has 4 heteroatoms. The normalized spacial score (nSPS) is 53.5. The van der Waals surface area contributed by atoms with Gasteiger partial charge in [0.1, 0.15) is 6.17 Å². The number of carbonyl (C=O) groups is 1. The van der Waals surface area contributed by atoms with Gasteiger partial charge in [0, 0.05) is 0 Å². The Bertz CT molecular complexity index is 335. The molecule has 0 spiro atoms. The van der Waals surface area contributed by atoms with E-state index in [9.17, 15) is 9.18 Å². The van der Waals surface area contributed by atoms with Crippen molar-refractivity contribution in [2.24, 2.45) is 34.8 Å². The maximum absolute atomic E-state index is 13.8. The minimum absolute atomic E-state index is 0.134. The quantitative estimate of drug-likeness (QED) is 0.766. The van der Waals surface area contributed by atoms with E-state index in [2.05, 4.69) is 0 Å². The smallest absolute Gasteiger partial charge is 0.303 e. The molecule has 3 saturated carbocycles. The van der Waals surface area contributed by atoms with Crippen LogP contribution in [0.5, 0.6) is 0 Å². The zero-order valence-electron chi connectivity index (χ0n) is 9.23. The highest BCUT2D eigenvalue weighted by atomic mass is 19.1. The number of carboxylic acids is 1. The average Bonchev–Trinajstić information content (AvgIpc) is 2.73. The lowest BCUT2D eigenvalue weighted by Gasteiger charge is -2.57. The summed E-state index contributed by atoms with van der Waals surface area (Å²) in [6.07, 6.45) is 1.90. The van der Waals surface area contributed by atoms with Gasteiger partial charge in [-0.3, -0.25) is 4.79 Å². The van der Waals surface area contributed by atoms with Crippen LogP contribution < -0.4 is 5.73 Å². The van der Waals surface area contributed by atoms with Gasteiger partial charge >= 0.3 is 5.97 Å². The lowest BCUT2D eigenvalue weighted by molar-refractivity contribution is -0.153. The molecular weight excluding hydrogens is 209 g/mol. The van der Waals surface area contributed by atoms with Crippen LogP contribution in [-0.2, 0) is 4.79 Å². The van der Waals surface area contributed by atoms with Gasteiger partial charge in [0.15, 0.2) is 0 Å². The summed E-state index contributed by atoms with van der Waals surface area (Å²) in [7, 11) is 0. The number of hydrogen-bond acceptors (Lipinski definition) is 2. The van der Waals surface area contributed by atoms with Crippen LogP contribution in [-0.4, -0.2) is 23.8 Å². The van der Waals surface area contributed by atoms with Crippen molar-refractivity contribution in [1.82, 2.24) is 0 Å². The van der Waals surface area contributed by atoms with Crippen molar-refractivity contribution in [3.05, 3.63) is 0 Å². The molecule has 0 heterocycles. The zero-order chi connectivity index (χ0) is 11.5. The molecule has 6 atom stereocenters. The van der Waals surface area contributed by atoms with Crippen LogP contribution in [0, 0.1) is 29.1 Å². The molecule has 3 aliphatic carbocycles. The molecule has 0 bridgehead atoms. The van der Waals surface area contributed by atoms with E-state index in [1.807, 2.05) is 0 Å². The number of carboxylic acid groups (broad SMARTS) is 1. The van der Waals surface area contributed by atoms with Crippen LogP contribution in [0.4, 0.5) is 4.39 Å². The van der Waals surface area contributed by atoms with Gasteiger partial charge in [0.25, 0.3) is 0 Å². The number of alkyl halides is 1. The molecule has 0 aliphatic heterocycles.